The van der Waals surface area contributed by atoms with Gasteiger partial charge in [-0.25, -0.2) is 0 Å². The summed E-state index contributed by atoms with van der Waals surface area (Å²) in [5, 5.41) is 13.5. The number of non-ortho nitro benzene ring substituents is 1. The average Bonchev–Trinajstić information content (AvgIpc) is 2.35. The van der Waals surface area contributed by atoms with Crippen LogP contribution in [0.25, 0.3) is 0 Å². The van der Waals surface area contributed by atoms with Crippen molar-refractivity contribution in [2.75, 3.05) is 18.0 Å². The molecule has 0 unspecified atom stereocenters. The molecule has 0 bridgehead atoms. The summed E-state index contributed by atoms with van der Waals surface area (Å²) in [6, 6.07) is 4.61. The molecule has 7 heteroatoms. The van der Waals surface area contributed by atoms with Gasteiger partial charge in [-0.15, -0.1) is 0 Å². The molecular weight excluding hydrogens is 326 g/mol. The Kier molecular flexibility index (Phi) is 5.94. The molecule has 0 fully saturated rings. The number of hydrogen-bond acceptors (Lipinski definition) is 4. The molecule has 0 saturated heterocycles. The van der Waals surface area contributed by atoms with Gasteiger partial charge in [0, 0.05) is 29.2 Å². The van der Waals surface area contributed by atoms with E-state index in [0.29, 0.717) is 11.0 Å². The molecule has 0 saturated carbocycles. The fourth-order valence-corrected chi connectivity index (χ4v) is 2.39. The molecule has 1 N–H and O–H groups in total. The highest BCUT2D eigenvalue weighted by Gasteiger charge is 2.16. The van der Waals surface area contributed by atoms with E-state index in [4.69, 9.17) is 0 Å². The van der Waals surface area contributed by atoms with E-state index in [1.165, 1.54) is 12.1 Å². The van der Waals surface area contributed by atoms with E-state index in [-0.39, 0.29) is 24.2 Å². The molecule has 0 heterocycles. The molecule has 0 radical (unpaired) electrons. The Morgan fingerprint density at radius 1 is 1.50 bits per heavy atom. The lowest BCUT2D eigenvalue weighted by atomic mass is 10.2. The number of anilines is 1. The molecule has 0 aliphatic rings. The summed E-state index contributed by atoms with van der Waals surface area (Å²) in [5.74, 6) is -0.0768. The third kappa shape index (κ3) is 4.48. The molecule has 6 nitrogen and oxygen atoms in total. The highest BCUT2D eigenvalue weighted by atomic mass is 79.9. The first kappa shape index (κ1) is 16.4. The summed E-state index contributed by atoms with van der Waals surface area (Å²) in [4.78, 5) is 23.9. The van der Waals surface area contributed by atoms with Gasteiger partial charge in [0.15, 0.2) is 0 Å². The second-order valence-corrected chi connectivity index (χ2v) is 5.48. The third-order valence-corrected chi connectivity index (χ3v) is 3.28. The lowest BCUT2D eigenvalue weighted by molar-refractivity contribution is -0.384. The van der Waals surface area contributed by atoms with Crippen LogP contribution in [0, 0.1) is 10.1 Å². The summed E-state index contributed by atoms with van der Waals surface area (Å²) in [5.41, 5.74) is 0.778. The minimum Gasteiger partial charge on any atom is -0.362 e. The van der Waals surface area contributed by atoms with Gasteiger partial charge in [0.2, 0.25) is 5.91 Å². The van der Waals surface area contributed by atoms with E-state index >= 15 is 0 Å². The van der Waals surface area contributed by atoms with Crippen LogP contribution in [0.3, 0.4) is 0 Å². The van der Waals surface area contributed by atoms with Crippen molar-refractivity contribution >= 4 is 33.2 Å². The molecular formula is C13H18BrN3O3. The minimum absolute atomic E-state index is 0.0170. The number of nitro benzene ring substituents is 1. The molecule has 1 amide bonds. The zero-order valence-corrected chi connectivity index (χ0v) is 13.3. The zero-order chi connectivity index (χ0) is 15.3. The number of nitrogens with zero attached hydrogens (tertiary/aromatic N) is 2. The maximum Gasteiger partial charge on any atom is 0.270 e. The van der Waals surface area contributed by atoms with Crippen LogP contribution in [-0.4, -0.2) is 30.0 Å². The SMILES string of the molecule is CCN(CC(=O)NC(C)C)c1ccc([N+](=O)[O-])cc1Br. The Morgan fingerprint density at radius 3 is 2.60 bits per heavy atom. The minimum atomic E-state index is -0.448. The van der Waals surface area contributed by atoms with Crippen LogP contribution in [0.2, 0.25) is 0 Å². The lowest BCUT2D eigenvalue weighted by Crippen LogP contribution is -2.40. The van der Waals surface area contributed by atoms with Crippen molar-refractivity contribution in [3.63, 3.8) is 0 Å². The van der Waals surface area contributed by atoms with Crippen LogP contribution >= 0.6 is 15.9 Å². The smallest absolute Gasteiger partial charge is 0.270 e. The van der Waals surface area contributed by atoms with Gasteiger partial charge in [0.25, 0.3) is 5.69 Å². The molecule has 0 aromatic heterocycles. The van der Waals surface area contributed by atoms with Crippen LogP contribution < -0.4 is 10.2 Å². The highest BCUT2D eigenvalue weighted by Crippen LogP contribution is 2.29. The second kappa shape index (κ2) is 7.23. The van der Waals surface area contributed by atoms with Crippen molar-refractivity contribution < 1.29 is 9.72 Å². The summed E-state index contributed by atoms with van der Waals surface area (Å²) in [6.45, 7) is 6.56. The number of carbonyl (C=O) groups excluding carboxylic acids is 1. The first-order valence-electron chi connectivity index (χ1n) is 6.33. The molecule has 20 heavy (non-hydrogen) atoms. The van der Waals surface area contributed by atoms with E-state index in [9.17, 15) is 14.9 Å². The average molecular weight is 344 g/mol. The molecule has 0 aliphatic carbocycles. The number of nitrogens with one attached hydrogen (secondary N) is 1. The number of carbonyl (C=O) groups is 1. The lowest BCUT2D eigenvalue weighted by Gasteiger charge is -2.24. The van der Waals surface area contributed by atoms with Gasteiger partial charge in [-0.3, -0.25) is 14.9 Å². The van der Waals surface area contributed by atoms with Crippen molar-refractivity contribution in [3.05, 3.63) is 32.8 Å². The second-order valence-electron chi connectivity index (χ2n) is 4.63. The van der Waals surface area contributed by atoms with E-state index in [0.717, 1.165) is 5.69 Å². The summed E-state index contributed by atoms with van der Waals surface area (Å²) >= 11 is 3.32. The molecule has 1 rings (SSSR count). The van der Waals surface area contributed by atoms with Gasteiger partial charge in [0.1, 0.15) is 0 Å². The first-order chi connectivity index (χ1) is 9.35. The largest absolute Gasteiger partial charge is 0.362 e. The van der Waals surface area contributed by atoms with Crippen molar-refractivity contribution in [3.8, 4) is 0 Å². The van der Waals surface area contributed by atoms with E-state index < -0.39 is 4.92 Å². The number of benzene rings is 1. The quantitative estimate of drug-likeness (QED) is 0.636. The Bertz CT molecular complexity index is 506. The van der Waals surface area contributed by atoms with Crippen LogP contribution in [0.4, 0.5) is 11.4 Å². The predicted molar refractivity (Wildman–Crippen MR) is 82.0 cm³/mol. The summed E-state index contributed by atoms with van der Waals surface area (Å²) in [6.07, 6.45) is 0. The number of rotatable bonds is 6. The van der Waals surface area contributed by atoms with E-state index in [1.54, 1.807) is 6.07 Å². The fourth-order valence-electron chi connectivity index (χ4n) is 1.77. The Labute approximate surface area is 126 Å². The third-order valence-electron chi connectivity index (χ3n) is 2.65. The molecule has 1 aromatic rings. The maximum absolute atomic E-state index is 11.8. The molecule has 1 aromatic carbocycles. The van der Waals surface area contributed by atoms with Crippen molar-refractivity contribution in [1.82, 2.24) is 5.32 Å². The number of nitro groups is 1. The molecule has 0 spiro atoms. The van der Waals surface area contributed by atoms with Gasteiger partial charge in [-0.1, -0.05) is 0 Å². The van der Waals surface area contributed by atoms with Gasteiger partial charge in [-0.05, 0) is 42.8 Å². The topological polar surface area (TPSA) is 75.5 Å². The van der Waals surface area contributed by atoms with Crippen LogP contribution in [0.15, 0.2) is 22.7 Å². The van der Waals surface area contributed by atoms with Crippen LogP contribution in [-0.2, 0) is 4.79 Å². The van der Waals surface area contributed by atoms with Crippen molar-refractivity contribution in [2.45, 2.75) is 26.8 Å². The normalized spacial score (nSPS) is 10.4. The predicted octanol–water partition coefficient (Wildman–Crippen LogP) is 2.71. The molecule has 0 atom stereocenters. The number of hydrogen-bond donors (Lipinski definition) is 1. The zero-order valence-electron chi connectivity index (χ0n) is 11.7. The molecule has 110 valence electrons. The number of amides is 1. The fraction of sp³-hybridized carbons (Fsp3) is 0.462. The van der Waals surface area contributed by atoms with Gasteiger partial charge in [-0.2, -0.15) is 0 Å². The maximum atomic E-state index is 11.8. The van der Waals surface area contributed by atoms with Crippen molar-refractivity contribution in [1.29, 1.82) is 0 Å². The highest BCUT2D eigenvalue weighted by molar-refractivity contribution is 9.10. The van der Waals surface area contributed by atoms with E-state index in [1.807, 2.05) is 25.7 Å². The van der Waals surface area contributed by atoms with Gasteiger partial charge < -0.3 is 10.2 Å². The number of halogens is 1. The van der Waals surface area contributed by atoms with Crippen LogP contribution in [0.1, 0.15) is 20.8 Å². The monoisotopic (exact) mass is 343 g/mol. The van der Waals surface area contributed by atoms with Gasteiger partial charge >= 0.3 is 0 Å². The Morgan fingerprint density at radius 2 is 2.15 bits per heavy atom. The van der Waals surface area contributed by atoms with Crippen molar-refractivity contribution in [2.24, 2.45) is 0 Å². The molecule has 0 aliphatic heterocycles. The first-order valence-corrected chi connectivity index (χ1v) is 7.12. The summed E-state index contributed by atoms with van der Waals surface area (Å²) in [7, 11) is 0. The Balaban J connectivity index is 2.90. The van der Waals surface area contributed by atoms with E-state index in [2.05, 4.69) is 21.2 Å². The standard InChI is InChI=1S/C13H18BrN3O3/c1-4-16(8-13(18)15-9(2)3)12-6-5-10(17(19)20)7-11(12)14/h5-7,9H,4,8H2,1-3H3,(H,15,18). The van der Waals surface area contributed by atoms with Crippen LogP contribution in [0.5, 0.6) is 0 Å². The van der Waals surface area contributed by atoms with Gasteiger partial charge in [0.05, 0.1) is 17.2 Å². The Hall–Kier alpha value is -1.63. The summed E-state index contributed by atoms with van der Waals surface area (Å²) < 4.78 is 0.603. The number of likely N-dealkylation sites (N-methyl/N-ethyl adjacent to an activating group) is 1.